The second-order valence-electron chi connectivity index (χ2n) is 5.50. The summed E-state index contributed by atoms with van der Waals surface area (Å²) in [5.74, 6) is 0.397. The molecule has 4 heteroatoms. The molecular weight excluding hydrogens is 222 g/mol. The van der Waals surface area contributed by atoms with Gasteiger partial charge in [-0.15, -0.1) is 0 Å². The number of hydrogen-bond acceptors (Lipinski definition) is 2. The van der Waals surface area contributed by atoms with Crippen molar-refractivity contribution in [1.82, 2.24) is 4.31 Å². The van der Waals surface area contributed by atoms with Gasteiger partial charge in [-0.2, -0.15) is 4.31 Å². The van der Waals surface area contributed by atoms with Gasteiger partial charge in [-0.05, 0) is 32.6 Å². The lowest BCUT2D eigenvalue weighted by molar-refractivity contribution is 0.290. The maximum Gasteiger partial charge on any atom is 0.216 e. The van der Waals surface area contributed by atoms with E-state index in [1.807, 2.05) is 0 Å². The number of sulfonamides is 1. The monoisotopic (exact) mass is 247 g/mol. The van der Waals surface area contributed by atoms with Crippen molar-refractivity contribution in [3.8, 4) is 0 Å². The zero-order chi connectivity index (χ0) is 12.3. The van der Waals surface area contributed by atoms with Crippen LogP contribution in [0, 0.1) is 5.92 Å². The van der Waals surface area contributed by atoms with E-state index in [0.717, 1.165) is 12.8 Å². The van der Waals surface area contributed by atoms with Crippen LogP contribution in [0.1, 0.15) is 53.4 Å². The highest BCUT2D eigenvalue weighted by Gasteiger charge is 2.33. The predicted octanol–water partition coefficient (Wildman–Crippen LogP) is 2.63. The van der Waals surface area contributed by atoms with Crippen molar-refractivity contribution in [2.45, 2.75) is 64.7 Å². The van der Waals surface area contributed by atoms with Gasteiger partial charge in [0.25, 0.3) is 0 Å². The second kappa shape index (κ2) is 5.50. The summed E-state index contributed by atoms with van der Waals surface area (Å²) in [6.07, 6.45) is 4.43. The topological polar surface area (TPSA) is 37.4 Å². The average Bonchev–Trinajstić information content (AvgIpc) is 2.65. The minimum Gasteiger partial charge on any atom is -0.212 e. The minimum atomic E-state index is -3.08. The number of hydrogen-bond donors (Lipinski definition) is 0. The lowest BCUT2D eigenvalue weighted by Gasteiger charge is -2.31. The standard InChI is InChI=1S/C12H25NO2S/c1-10(2)9-13(12-7-5-6-8-12)16(14,15)11(3)4/h10-12H,5-9H2,1-4H3. The highest BCUT2D eigenvalue weighted by Crippen LogP contribution is 2.27. The van der Waals surface area contributed by atoms with Crippen molar-refractivity contribution in [3.05, 3.63) is 0 Å². The molecule has 0 unspecified atom stereocenters. The van der Waals surface area contributed by atoms with Crippen LogP contribution in [0.2, 0.25) is 0 Å². The summed E-state index contributed by atoms with van der Waals surface area (Å²) in [5, 5.41) is -0.299. The van der Waals surface area contributed by atoms with Gasteiger partial charge in [0.15, 0.2) is 0 Å². The molecule has 0 amide bonds. The lowest BCUT2D eigenvalue weighted by Crippen LogP contribution is -2.44. The fraction of sp³-hybridized carbons (Fsp3) is 1.00. The van der Waals surface area contributed by atoms with Crippen LogP contribution < -0.4 is 0 Å². The third-order valence-corrected chi connectivity index (χ3v) is 5.49. The average molecular weight is 247 g/mol. The van der Waals surface area contributed by atoms with Crippen LogP contribution in [-0.2, 0) is 10.0 Å². The minimum absolute atomic E-state index is 0.259. The molecule has 1 fully saturated rings. The predicted molar refractivity (Wildman–Crippen MR) is 67.9 cm³/mol. The fourth-order valence-electron chi connectivity index (χ4n) is 2.28. The molecule has 1 saturated carbocycles. The van der Waals surface area contributed by atoms with Crippen molar-refractivity contribution in [1.29, 1.82) is 0 Å². The molecule has 0 aromatic heterocycles. The summed E-state index contributed by atoms with van der Waals surface area (Å²) in [6, 6.07) is 0.259. The van der Waals surface area contributed by atoms with Crippen LogP contribution in [0.15, 0.2) is 0 Å². The summed E-state index contributed by atoms with van der Waals surface area (Å²) in [4.78, 5) is 0. The summed E-state index contributed by atoms with van der Waals surface area (Å²) in [5.41, 5.74) is 0. The largest absolute Gasteiger partial charge is 0.216 e. The third kappa shape index (κ3) is 3.20. The van der Waals surface area contributed by atoms with Crippen LogP contribution >= 0.6 is 0 Å². The Hall–Kier alpha value is -0.0900. The summed E-state index contributed by atoms with van der Waals surface area (Å²) < 4.78 is 26.3. The van der Waals surface area contributed by atoms with Crippen molar-refractivity contribution < 1.29 is 8.42 Å². The van der Waals surface area contributed by atoms with Gasteiger partial charge in [0, 0.05) is 12.6 Å². The highest BCUT2D eigenvalue weighted by atomic mass is 32.2. The summed E-state index contributed by atoms with van der Waals surface area (Å²) >= 11 is 0. The van der Waals surface area contributed by atoms with Gasteiger partial charge < -0.3 is 0 Å². The first-order chi connectivity index (χ1) is 7.35. The Morgan fingerprint density at radius 2 is 1.62 bits per heavy atom. The Bertz CT molecular complexity index is 303. The SMILES string of the molecule is CC(C)CN(C1CCCC1)S(=O)(=O)C(C)C. The van der Waals surface area contributed by atoms with Crippen LogP contribution in [-0.4, -0.2) is 30.6 Å². The van der Waals surface area contributed by atoms with E-state index in [4.69, 9.17) is 0 Å². The first-order valence-electron chi connectivity index (χ1n) is 6.36. The molecule has 0 aromatic rings. The second-order valence-corrected chi connectivity index (χ2v) is 7.94. The van der Waals surface area contributed by atoms with Gasteiger partial charge in [0.2, 0.25) is 10.0 Å². The summed E-state index contributed by atoms with van der Waals surface area (Å²) in [6.45, 7) is 8.38. The van der Waals surface area contributed by atoms with Crippen molar-refractivity contribution in [2.24, 2.45) is 5.92 Å². The van der Waals surface area contributed by atoms with Gasteiger partial charge in [-0.1, -0.05) is 26.7 Å². The molecule has 0 spiro atoms. The molecule has 0 aromatic carbocycles. The van der Waals surface area contributed by atoms with E-state index in [2.05, 4.69) is 13.8 Å². The molecule has 0 saturated heterocycles. The zero-order valence-corrected chi connectivity index (χ0v) is 11.8. The molecule has 16 heavy (non-hydrogen) atoms. The zero-order valence-electron chi connectivity index (χ0n) is 10.9. The Labute approximate surface area is 100 Å². The smallest absolute Gasteiger partial charge is 0.212 e. The quantitative estimate of drug-likeness (QED) is 0.749. The van der Waals surface area contributed by atoms with Crippen molar-refractivity contribution in [3.63, 3.8) is 0 Å². The van der Waals surface area contributed by atoms with Crippen LogP contribution in [0.5, 0.6) is 0 Å². The van der Waals surface area contributed by atoms with E-state index in [0.29, 0.717) is 12.5 Å². The number of nitrogens with zero attached hydrogens (tertiary/aromatic N) is 1. The van der Waals surface area contributed by atoms with Gasteiger partial charge in [-0.3, -0.25) is 0 Å². The molecule has 1 aliphatic rings. The highest BCUT2D eigenvalue weighted by molar-refractivity contribution is 7.89. The van der Waals surface area contributed by atoms with E-state index in [1.54, 1.807) is 18.2 Å². The first-order valence-corrected chi connectivity index (χ1v) is 7.86. The number of rotatable bonds is 5. The molecule has 96 valence electrons. The van der Waals surface area contributed by atoms with Gasteiger partial charge in [-0.25, -0.2) is 8.42 Å². The molecule has 1 aliphatic carbocycles. The molecule has 0 N–H and O–H groups in total. The molecule has 3 nitrogen and oxygen atoms in total. The fourth-order valence-corrected chi connectivity index (χ4v) is 3.96. The van der Waals surface area contributed by atoms with Crippen molar-refractivity contribution >= 4 is 10.0 Å². The van der Waals surface area contributed by atoms with Crippen LogP contribution in [0.4, 0.5) is 0 Å². The molecule has 0 aliphatic heterocycles. The maximum absolute atomic E-state index is 12.3. The molecule has 0 atom stereocenters. The molecule has 0 heterocycles. The van der Waals surface area contributed by atoms with E-state index < -0.39 is 10.0 Å². The lowest BCUT2D eigenvalue weighted by atomic mass is 10.2. The summed E-state index contributed by atoms with van der Waals surface area (Å²) in [7, 11) is -3.08. The molecule has 0 radical (unpaired) electrons. The van der Waals surface area contributed by atoms with Gasteiger partial charge in [0.05, 0.1) is 5.25 Å². The third-order valence-electron chi connectivity index (χ3n) is 3.20. The first kappa shape index (κ1) is 14.0. The van der Waals surface area contributed by atoms with Gasteiger partial charge in [0.1, 0.15) is 0 Å². The van der Waals surface area contributed by atoms with E-state index in [9.17, 15) is 8.42 Å². The van der Waals surface area contributed by atoms with Crippen molar-refractivity contribution in [2.75, 3.05) is 6.54 Å². The van der Waals surface area contributed by atoms with E-state index in [1.165, 1.54) is 12.8 Å². The van der Waals surface area contributed by atoms with Gasteiger partial charge >= 0.3 is 0 Å². The molecule has 1 rings (SSSR count). The normalized spacial score (nSPS) is 19.2. The Morgan fingerprint density at radius 3 is 2.00 bits per heavy atom. The molecule has 0 bridgehead atoms. The van der Waals surface area contributed by atoms with E-state index >= 15 is 0 Å². The Morgan fingerprint density at radius 1 is 1.12 bits per heavy atom. The van der Waals surface area contributed by atoms with E-state index in [-0.39, 0.29) is 11.3 Å². The Kier molecular flexibility index (Phi) is 4.80. The van der Waals surface area contributed by atoms with Crippen LogP contribution in [0.3, 0.4) is 0 Å². The maximum atomic E-state index is 12.3. The Balaban J connectivity index is 2.86. The molecular formula is C12H25NO2S. The van der Waals surface area contributed by atoms with Crippen LogP contribution in [0.25, 0.3) is 0 Å².